The maximum atomic E-state index is 12.4. The molecule has 0 atom stereocenters. The summed E-state index contributed by atoms with van der Waals surface area (Å²) >= 11 is 0. The van der Waals surface area contributed by atoms with Crippen molar-refractivity contribution in [3.05, 3.63) is 23.9 Å². The number of hydrogen-bond acceptors (Lipinski definition) is 4. The van der Waals surface area contributed by atoms with Crippen LogP contribution in [0.4, 0.5) is 19.0 Å². The minimum atomic E-state index is -4.44. The number of hydrogen-bond donors (Lipinski definition) is 1. The van der Waals surface area contributed by atoms with Crippen molar-refractivity contribution in [2.45, 2.75) is 12.5 Å². The van der Waals surface area contributed by atoms with Gasteiger partial charge in [0.25, 0.3) is 0 Å². The third kappa shape index (κ3) is 4.20. The van der Waals surface area contributed by atoms with E-state index in [-0.39, 0.29) is 12.4 Å². The third-order valence-corrected chi connectivity index (χ3v) is 2.02. The molecule has 0 bridgehead atoms. The first-order valence-corrected chi connectivity index (χ1v) is 4.81. The van der Waals surface area contributed by atoms with Crippen LogP contribution in [0.5, 0.6) is 0 Å². The van der Waals surface area contributed by atoms with Crippen molar-refractivity contribution in [3.8, 4) is 0 Å². The maximum Gasteiger partial charge on any atom is 0.433 e. The van der Waals surface area contributed by atoms with E-state index < -0.39 is 18.2 Å². The molecule has 0 aliphatic heterocycles. The zero-order chi connectivity index (χ0) is 12.9. The second-order valence-corrected chi connectivity index (χ2v) is 3.19. The summed E-state index contributed by atoms with van der Waals surface area (Å²) in [6, 6.07) is 3.64. The Labute approximate surface area is 96.7 Å². The highest BCUT2D eigenvalue weighted by Crippen LogP contribution is 2.28. The normalized spacial score (nSPS) is 11.9. The van der Waals surface area contributed by atoms with Crippen LogP contribution in [0, 0.1) is 0 Å². The quantitative estimate of drug-likeness (QED) is 0.813. The summed E-state index contributed by atoms with van der Waals surface area (Å²) in [5.74, 6) is 0.124. The van der Waals surface area contributed by atoms with Gasteiger partial charge in [0.2, 0.25) is 0 Å². The molecule has 0 aliphatic carbocycles. The molecule has 0 spiro atoms. The topological polar surface area (TPSA) is 43.4 Å². The monoisotopic (exact) mass is 250 g/mol. The van der Waals surface area contributed by atoms with E-state index in [1.807, 2.05) is 0 Å². The number of methoxy groups -OCH3 is 2. The van der Waals surface area contributed by atoms with Gasteiger partial charge in [-0.05, 0) is 12.1 Å². The van der Waals surface area contributed by atoms with Crippen LogP contribution in [-0.4, -0.2) is 32.0 Å². The molecular formula is C10H13F3N2O2. The Morgan fingerprint density at radius 2 is 1.94 bits per heavy atom. The summed E-state index contributed by atoms with van der Waals surface area (Å²) in [5, 5.41) is 2.70. The van der Waals surface area contributed by atoms with Crippen LogP contribution in [0.3, 0.4) is 0 Å². The van der Waals surface area contributed by atoms with Gasteiger partial charge in [0.15, 0.2) is 6.29 Å². The number of nitrogens with zero attached hydrogens (tertiary/aromatic N) is 1. The van der Waals surface area contributed by atoms with Gasteiger partial charge in [-0.3, -0.25) is 0 Å². The lowest BCUT2D eigenvalue weighted by Crippen LogP contribution is -2.24. The predicted molar refractivity (Wildman–Crippen MR) is 55.5 cm³/mol. The van der Waals surface area contributed by atoms with Crippen LogP contribution < -0.4 is 5.32 Å². The van der Waals surface area contributed by atoms with E-state index in [1.54, 1.807) is 0 Å². The van der Waals surface area contributed by atoms with Crippen molar-refractivity contribution in [1.82, 2.24) is 4.98 Å². The molecule has 0 saturated carbocycles. The van der Waals surface area contributed by atoms with Crippen LogP contribution in [0.15, 0.2) is 18.2 Å². The van der Waals surface area contributed by atoms with Crippen LogP contribution in [0.2, 0.25) is 0 Å². The first kappa shape index (κ1) is 13.7. The molecule has 1 aromatic heterocycles. The molecule has 0 unspecified atom stereocenters. The number of nitrogens with one attached hydrogen (secondary N) is 1. The summed E-state index contributed by atoms with van der Waals surface area (Å²) in [4.78, 5) is 3.44. The first-order chi connectivity index (χ1) is 7.97. The van der Waals surface area contributed by atoms with Crippen LogP contribution >= 0.6 is 0 Å². The fraction of sp³-hybridized carbons (Fsp3) is 0.500. The van der Waals surface area contributed by atoms with Gasteiger partial charge in [0.1, 0.15) is 11.5 Å². The maximum absolute atomic E-state index is 12.4. The van der Waals surface area contributed by atoms with E-state index in [9.17, 15) is 13.2 Å². The van der Waals surface area contributed by atoms with E-state index in [1.165, 1.54) is 26.4 Å². The average Bonchev–Trinajstić information content (AvgIpc) is 2.30. The lowest BCUT2D eigenvalue weighted by atomic mass is 10.3. The van der Waals surface area contributed by atoms with Crippen molar-refractivity contribution < 1.29 is 22.6 Å². The number of alkyl halides is 3. The lowest BCUT2D eigenvalue weighted by molar-refractivity contribution is -0.141. The highest BCUT2D eigenvalue weighted by Gasteiger charge is 2.32. The molecule has 1 heterocycles. The fourth-order valence-electron chi connectivity index (χ4n) is 1.14. The molecule has 7 heteroatoms. The van der Waals surface area contributed by atoms with E-state index in [2.05, 4.69) is 10.3 Å². The number of ether oxygens (including phenoxy) is 2. The molecule has 0 aliphatic rings. The molecule has 0 fully saturated rings. The van der Waals surface area contributed by atoms with Crippen molar-refractivity contribution >= 4 is 5.82 Å². The molecule has 0 radical (unpaired) electrons. The SMILES string of the molecule is COC(CNc1cccc(C(F)(F)F)n1)OC. The summed E-state index contributed by atoms with van der Waals surface area (Å²) in [7, 11) is 2.88. The van der Waals surface area contributed by atoms with Crippen molar-refractivity contribution in [3.63, 3.8) is 0 Å². The minimum Gasteiger partial charge on any atom is -0.365 e. The molecule has 0 saturated heterocycles. The first-order valence-electron chi connectivity index (χ1n) is 4.81. The Balaban J connectivity index is 2.66. The molecule has 0 amide bonds. The summed E-state index contributed by atoms with van der Waals surface area (Å²) in [5.41, 5.74) is -0.936. The van der Waals surface area contributed by atoms with Gasteiger partial charge in [-0.1, -0.05) is 6.07 Å². The van der Waals surface area contributed by atoms with Crippen LogP contribution in [0.1, 0.15) is 5.69 Å². The Hall–Kier alpha value is -1.34. The zero-order valence-corrected chi connectivity index (χ0v) is 9.41. The van der Waals surface area contributed by atoms with Gasteiger partial charge in [0, 0.05) is 14.2 Å². The molecule has 96 valence electrons. The van der Waals surface area contributed by atoms with Crippen molar-refractivity contribution in [2.75, 3.05) is 26.1 Å². The van der Waals surface area contributed by atoms with Gasteiger partial charge in [-0.2, -0.15) is 13.2 Å². The van der Waals surface area contributed by atoms with Crippen molar-refractivity contribution in [1.29, 1.82) is 0 Å². The number of halogens is 3. The zero-order valence-electron chi connectivity index (χ0n) is 9.41. The third-order valence-electron chi connectivity index (χ3n) is 2.02. The predicted octanol–water partition coefficient (Wildman–Crippen LogP) is 2.13. The minimum absolute atomic E-state index is 0.124. The fourth-order valence-corrected chi connectivity index (χ4v) is 1.14. The highest BCUT2D eigenvalue weighted by molar-refractivity contribution is 5.35. The van der Waals surface area contributed by atoms with Gasteiger partial charge < -0.3 is 14.8 Å². The smallest absolute Gasteiger partial charge is 0.365 e. The Morgan fingerprint density at radius 1 is 1.29 bits per heavy atom. The summed E-state index contributed by atoms with van der Waals surface area (Å²) in [6.45, 7) is 0.210. The molecule has 0 aromatic carbocycles. The molecule has 1 N–H and O–H groups in total. The van der Waals surface area contributed by atoms with Crippen molar-refractivity contribution in [2.24, 2.45) is 0 Å². The molecule has 1 rings (SSSR count). The van der Waals surface area contributed by atoms with Gasteiger partial charge in [0.05, 0.1) is 6.54 Å². The Morgan fingerprint density at radius 3 is 2.47 bits per heavy atom. The van der Waals surface area contributed by atoms with Crippen LogP contribution in [-0.2, 0) is 15.7 Å². The lowest BCUT2D eigenvalue weighted by Gasteiger charge is -2.15. The molecule has 17 heavy (non-hydrogen) atoms. The van der Waals surface area contributed by atoms with Gasteiger partial charge in [-0.15, -0.1) is 0 Å². The van der Waals surface area contributed by atoms with Crippen LogP contribution in [0.25, 0.3) is 0 Å². The largest absolute Gasteiger partial charge is 0.433 e. The van der Waals surface area contributed by atoms with E-state index in [0.717, 1.165) is 6.07 Å². The standard InChI is InChI=1S/C10H13F3N2O2/c1-16-9(17-2)6-14-8-5-3-4-7(15-8)10(11,12)13/h3-5,9H,6H2,1-2H3,(H,14,15). The average molecular weight is 250 g/mol. The molecule has 1 aromatic rings. The molecule has 4 nitrogen and oxygen atoms in total. The Bertz CT molecular complexity index is 354. The highest BCUT2D eigenvalue weighted by atomic mass is 19.4. The van der Waals surface area contributed by atoms with E-state index in [0.29, 0.717) is 0 Å². The van der Waals surface area contributed by atoms with E-state index in [4.69, 9.17) is 9.47 Å². The van der Waals surface area contributed by atoms with Gasteiger partial charge >= 0.3 is 6.18 Å². The summed E-state index contributed by atoms with van der Waals surface area (Å²) in [6.07, 6.45) is -4.98. The number of rotatable bonds is 5. The second-order valence-electron chi connectivity index (χ2n) is 3.19. The Kier molecular flexibility index (Phi) is 4.71. The molecular weight excluding hydrogens is 237 g/mol. The van der Waals surface area contributed by atoms with E-state index >= 15 is 0 Å². The number of aromatic nitrogens is 1. The number of anilines is 1. The van der Waals surface area contributed by atoms with Gasteiger partial charge in [-0.25, -0.2) is 4.98 Å². The second kappa shape index (κ2) is 5.83. The number of pyridine rings is 1. The summed E-state index contributed by atoms with van der Waals surface area (Å²) < 4.78 is 46.8.